The minimum atomic E-state index is 0.415. The maximum atomic E-state index is 6.16. The molecule has 1 aromatic rings. The molecule has 3 heteroatoms. The Labute approximate surface area is 102 Å². The largest absolute Gasteiger partial charge is 0.317 e. The standard InChI is InChI=1S/C12H17Cl2N/c1-8(7-9(2)15-3)10-5-4-6-11(13)12(10)14/h4-6,8-9,15H,7H2,1-3H3. The van der Waals surface area contributed by atoms with Gasteiger partial charge in [-0.2, -0.15) is 0 Å². The van der Waals surface area contributed by atoms with Crippen molar-refractivity contribution in [2.24, 2.45) is 0 Å². The van der Waals surface area contributed by atoms with E-state index >= 15 is 0 Å². The number of halogens is 2. The minimum Gasteiger partial charge on any atom is -0.317 e. The van der Waals surface area contributed by atoms with Crippen LogP contribution in [0.15, 0.2) is 18.2 Å². The van der Waals surface area contributed by atoms with E-state index in [0.717, 1.165) is 12.0 Å². The van der Waals surface area contributed by atoms with Gasteiger partial charge in [0, 0.05) is 6.04 Å². The first kappa shape index (κ1) is 12.8. The summed E-state index contributed by atoms with van der Waals surface area (Å²) in [6.07, 6.45) is 1.05. The Morgan fingerprint density at radius 1 is 1.27 bits per heavy atom. The molecule has 2 unspecified atom stereocenters. The van der Waals surface area contributed by atoms with Gasteiger partial charge in [0.05, 0.1) is 10.0 Å². The van der Waals surface area contributed by atoms with Crippen molar-refractivity contribution in [1.82, 2.24) is 5.32 Å². The molecule has 0 amide bonds. The lowest BCUT2D eigenvalue weighted by Crippen LogP contribution is -2.23. The predicted octanol–water partition coefficient (Wildman–Crippen LogP) is 4.09. The van der Waals surface area contributed by atoms with Crippen molar-refractivity contribution < 1.29 is 0 Å². The maximum Gasteiger partial charge on any atom is 0.0626 e. The fourth-order valence-corrected chi connectivity index (χ4v) is 2.17. The minimum absolute atomic E-state index is 0.415. The van der Waals surface area contributed by atoms with Crippen LogP contribution >= 0.6 is 23.2 Å². The van der Waals surface area contributed by atoms with Crippen LogP contribution in [0.4, 0.5) is 0 Å². The third-order valence-corrected chi connectivity index (χ3v) is 3.55. The molecule has 0 spiro atoms. The number of nitrogens with one attached hydrogen (secondary N) is 1. The maximum absolute atomic E-state index is 6.16. The smallest absolute Gasteiger partial charge is 0.0626 e. The van der Waals surface area contributed by atoms with Crippen LogP contribution in [0.1, 0.15) is 31.7 Å². The lowest BCUT2D eigenvalue weighted by Gasteiger charge is -2.18. The molecule has 0 saturated carbocycles. The first-order valence-corrected chi connectivity index (χ1v) is 5.93. The van der Waals surface area contributed by atoms with Crippen LogP contribution in [0, 0.1) is 0 Å². The van der Waals surface area contributed by atoms with Crippen LogP contribution in [0.3, 0.4) is 0 Å². The summed E-state index contributed by atoms with van der Waals surface area (Å²) in [4.78, 5) is 0. The number of benzene rings is 1. The molecule has 0 aliphatic rings. The Bertz CT molecular complexity index is 325. The van der Waals surface area contributed by atoms with E-state index in [1.54, 1.807) is 0 Å². The Kier molecular flexibility index (Phi) is 4.91. The van der Waals surface area contributed by atoms with Gasteiger partial charge in [0.2, 0.25) is 0 Å². The predicted molar refractivity (Wildman–Crippen MR) is 68.0 cm³/mol. The highest BCUT2D eigenvalue weighted by molar-refractivity contribution is 6.42. The molecular formula is C12H17Cl2N. The molecule has 15 heavy (non-hydrogen) atoms. The number of hydrogen-bond donors (Lipinski definition) is 1. The second-order valence-electron chi connectivity index (χ2n) is 3.97. The van der Waals surface area contributed by atoms with Gasteiger partial charge >= 0.3 is 0 Å². The van der Waals surface area contributed by atoms with Crippen molar-refractivity contribution in [1.29, 1.82) is 0 Å². The van der Waals surface area contributed by atoms with Gasteiger partial charge in [0.1, 0.15) is 0 Å². The fraction of sp³-hybridized carbons (Fsp3) is 0.500. The lowest BCUT2D eigenvalue weighted by molar-refractivity contribution is 0.516. The molecule has 1 rings (SSSR count). The first-order chi connectivity index (χ1) is 7.06. The zero-order valence-electron chi connectivity index (χ0n) is 9.35. The van der Waals surface area contributed by atoms with E-state index in [1.165, 1.54) is 0 Å². The molecule has 0 aliphatic heterocycles. The van der Waals surface area contributed by atoms with Crippen LogP contribution in [-0.4, -0.2) is 13.1 Å². The molecule has 0 fully saturated rings. The zero-order chi connectivity index (χ0) is 11.4. The average Bonchev–Trinajstić information content (AvgIpc) is 2.21. The Hall–Kier alpha value is -0.240. The summed E-state index contributed by atoms with van der Waals surface area (Å²) in [6.45, 7) is 4.33. The highest BCUT2D eigenvalue weighted by atomic mass is 35.5. The quantitative estimate of drug-likeness (QED) is 0.843. The molecular weight excluding hydrogens is 229 g/mol. The van der Waals surface area contributed by atoms with Crippen molar-refractivity contribution in [2.75, 3.05) is 7.05 Å². The third kappa shape index (κ3) is 3.37. The van der Waals surface area contributed by atoms with Crippen LogP contribution < -0.4 is 5.32 Å². The summed E-state index contributed by atoms with van der Waals surface area (Å²) in [5, 5.41) is 4.55. The van der Waals surface area contributed by atoms with E-state index in [0.29, 0.717) is 22.0 Å². The van der Waals surface area contributed by atoms with Crippen molar-refractivity contribution in [3.05, 3.63) is 33.8 Å². The van der Waals surface area contributed by atoms with E-state index in [2.05, 4.69) is 19.2 Å². The number of rotatable bonds is 4. The summed E-state index contributed by atoms with van der Waals surface area (Å²) in [5.41, 5.74) is 1.13. The van der Waals surface area contributed by atoms with Crippen LogP contribution in [-0.2, 0) is 0 Å². The van der Waals surface area contributed by atoms with Gasteiger partial charge in [-0.1, -0.05) is 42.3 Å². The fourth-order valence-electron chi connectivity index (χ4n) is 1.68. The van der Waals surface area contributed by atoms with Crippen molar-refractivity contribution in [3.63, 3.8) is 0 Å². The molecule has 0 radical (unpaired) electrons. The van der Waals surface area contributed by atoms with Gasteiger partial charge in [-0.3, -0.25) is 0 Å². The Balaban J connectivity index is 2.82. The first-order valence-electron chi connectivity index (χ1n) is 5.17. The molecule has 0 aliphatic carbocycles. The second-order valence-corrected chi connectivity index (χ2v) is 4.75. The zero-order valence-corrected chi connectivity index (χ0v) is 10.9. The van der Waals surface area contributed by atoms with Gasteiger partial charge < -0.3 is 5.32 Å². The molecule has 0 aromatic heterocycles. The summed E-state index contributed by atoms with van der Waals surface area (Å²) in [7, 11) is 1.97. The monoisotopic (exact) mass is 245 g/mol. The van der Waals surface area contributed by atoms with E-state index < -0.39 is 0 Å². The van der Waals surface area contributed by atoms with Gasteiger partial charge in [0.15, 0.2) is 0 Å². The highest BCUT2D eigenvalue weighted by Gasteiger charge is 2.13. The Morgan fingerprint density at radius 3 is 2.53 bits per heavy atom. The normalized spacial score (nSPS) is 15.0. The average molecular weight is 246 g/mol. The number of hydrogen-bond acceptors (Lipinski definition) is 1. The molecule has 0 bridgehead atoms. The van der Waals surface area contributed by atoms with Crippen molar-refractivity contribution >= 4 is 23.2 Å². The molecule has 0 heterocycles. The third-order valence-electron chi connectivity index (χ3n) is 2.71. The van der Waals surface area contributed by atoms with E-state index in [1.807, 2.05) is 25.2 Å². The van der Waals surface area contributed by atoms with E-state index in [4.69, 9.17) is 23.2 Å². The van der Waals surface area contributed by atoms with Gasteiger partial charge in [0.25, 0.3) is 0 Å². The topological polar surface area (TPSA) is 12.0 Å². The van der Waals surface area contributed by atoms with Crippen molar-refractivity contribution in [2.45, 2.75) is 32.2 Å². The van der Waals surface area contributed by atoms with E-state index in [-0.39, 0.29) is 0 Å². The van der Waals surface area contributed by atoms with E-state index in [9.17, 15) is 0 Å². The molecule has 0 saturated heterocycles. The van der Waals surface area contributed by atoms with Gasteiger partial charge in [-0.05, 0) is 37.9 Å². The van der Waals surface area contributed by atoms with Crippen LogP contribution in [0.5, 0.6) is 0 Å². The summed E-state index contributed by atoms with van der Waals surface area (Å²) in [5.74, 6) is 0.415. The summed E-state index contributed by atoms with van der Waals surface area (Å²) < 4.78 is 0. The van der Waals surface area contributed by atoms with Crippen LogP contribution in [0.25, 0.3) is 0 Å². The second kappa shape index (κ2) is 5.74. The molecule has 1 nitrogen and oxygen atoms in total. The van der Waals surface area contributed by atoms with Crippen molar-refractivity contribution in [3.8, 4) is 0 Å². The molecule has 2 atom stereocenters. The molecule has 84 valence electrons. The summed E-state index contributed by atoms with van der Waals surface area (Å²) in [6, 6.07) is 6.29. The summed E-state index contributed by atoms with van der Waals surface area (Å²) >= 11 is 12.1. The van der Waals surface area contributed by atoms with Gasteiger partial charge in [-0.25, -0.2) is 0 Å². The molecule has 1 N–H and O–H groups in total. The SMILES string of the molecule is CNC(C)CC(C)c1cccc(Cl)c1Cl. The lowest BCUT2D eigenvalue weighted by atomic mass is 9.94. The molecule has 1 aromatic carbocycles. The van der Waals surface area contributed by atoms with Crippen LogP contribution in [0.2, 0.25) is 10.0 Å². The Morgan fingerprint density at radius 2 is 1.93 bits per heavy atom. The van der Waals surface area contributed by atoms with Gasteiger partial charge in [-0.15, -0.1) is 0 Å². The highest BCUT2D eigenvalue weighted by Crippen LogP contribution is 2.32.